The average Bonchev–Trinajstić information content (AvgIpc) is 4.07. The lowest BCUT2D eigenvalue weighted by Gasteiger charge is -2.58. The molecule has 5 heterocycles. The Morgan fingerprint density at radius 2 is 0.406 bits per heavy atom. The van der Waals surface area contributed by atoms with Crippen LogP contribution in [-0.2, 0) is 0 Å². The lowest BCUT2D eigenvalue weighted by atomic mass is 9.47. The van der Waals surface area contributed by atoms with Gasteiger partial charge in [-0.2, -0.15) is 0 Å². The van der Waals surface area contributed by atoms with E-state index >= 15 is 0 Å². The van der Waals surface area contributed by atoms with Crippen LogP contribution >= 0.6 is 0 Å². The molecule has 4 aromatic heterocycles. The van der Waals surface area contributed by atoms with Crippen LogP contribution in [0.5, 0.6) is 0 Å². The second kappa shape index (κ2) is 12.4. The fourth-order valence-electron chi connectivity index (χ4n) is 23.3. The van der Waals surface area contributed by atoms with Crippen molar-refractivity contribution in [3.05, 3.63) is 92.7 Å². The number of H-pyrrole nitrogens is 4. The molecule has 16 saturated carbocycles. The highest BCUT2D eigenvalue weighted by Gasteiger charge is 2.58. The first-order valence-corrected chi connectivity index (χ1v) is 27.6. The number of aromatic amines is 4. The van der Waals surface area contributed by atoms with Gasteiger partial charge in [-0.3, -0.25) is 0 Å². The van der Waals surface area contributed by atoms with Crippen molar-refractivity contribution in [2.45, 2.75) is 154 Å². The van der Waals surface area contributed by atoms with E-state index < -0.39 is 0 Å². The lowest BCUT2D eigenvalue weighted by Crippen LogP contribution is -2.49. The number of rotatable bonds is 4. The Hall–Kier alpha value is -3.40. The number of fused-ring (bicyclic) bond motifs is 8. The molecular formula is C60H72N4. The summed E-state index contributed by atoms with van der Waals surface area (Å²) in [5, 5.41) is 5.74. The zero-order valence-electron chi connectivity index (χ0n) is 38.5. The van der Waals surface area contributed by atoms with Gasteiger partial charge in [-0.25, -0.2) is 0 Å². The van der Waals surface area contributed by atoms with Crippen molar-refractivity contribution >= 4 is 22.3 Å². The number of hydrogen-bond acceptors (Lipinski definition) is 0. The molecule has 0 radical (unpaired) electrons. The van der Waals surface area contributed by atoms with Gasteiger partial charge in [-0.15, -0.1) is 0 Å². The maximum absolute atomic E-state index is 4.45. The topological polar surface area (TPSA) is 63.2 Å². The molecule has 17 aliphatic rings. The fourth-order valence-corrected chi connectivity index (χ4v) is 23.3. The van der Waals surface area contributed by atoms with Gasteiger partial charge in [0.2, 0.25) is 0 Å². The maximum atomic E-state index is 4.45. The molecule has 64 heavy (non-hydrogen) atoms. The minimum absolute atomic E-state index is 0.257. The van der Waals surface area contributed by atoms with Crippen molar-refractivity contribution in [3.63, 3.8) is 0 Å². The largest absolute Gasteiger partial charge is 0.355 e. The Bertz CT molecular complexity index is 2370. The highest BCUT2D eigenvalue weighted by Crippen LogP contribution is 2.68. The van der Waals surface area contributed by atoms with Crippen molar-refractivity contribution in [3.8, 4) is 0 Å². The minimum Gasteiger partial charge on any atom is -0.355 e. The molecule has 4 nitrogen and oxygen atoms in total. The molecule has 21 rings (SSSR count). The van der Waals surface area contributed by atoms with Gasteiger partial charge in [0.1, 0.15) is 0 Å². The second-order valence-corrected chi connectivity index (χ2v) is 27.4. The number of nitrogens with one attached hydrogen (secondary N) is 4. The van der Waals surface area contributed by atoms with Crippen LogP contribution < -0.4 is 21.4 Å². The van der Waals surface area contributed by atoms with Crippen LogP contribution in [0, 0.1) is 92.7 Å². The van der Waals surface area contributed by atoms with E-state index in [0.29, 0.717) is 0 Å². The smallest absolute Gasteiger partial charge is 0.0444 e. The Morgan fingerprint density at radius 1 is 0.234 bits per heavy atom. The first-order chi connectivity index (χ1) is 31.3. The summed E-state index contributed by atoms with van der Waals surface area (Å²) in [5.74, 6) is 10.8. The summed E-state index contributed by atoms with van der Waals surface area (Å²) in [7, 11) is 0. The van der Waals surface area contributed by atoms with Crippen LogP contribution in [0.3, 0.4) is 0 Å². The highest BCUT2D eigenvalue weighted by atomic mass is 14.8. The number of aromatic nitrogens is 4. The molecular weight excluding hydrogens is 777 g/mol. The molecule has 0 amide bonds. The zero-order valence-corrected chi connectivity index (χ0v) is 38.5. The summed E-state index contributed by atoms with van der Waals surface area (Å²) >= 11 is 0. The van der Waals surface area contributed by atoms with E-state index in [4.69, 9.17) is 0 Å². The van der Waals surface area contributed by atoms with Crippen molar-refractivity contribution in [2.75, 3.05) is 0 Å². The molecule has 4 N–H and O–H groups in total. The molecule has 24 bridgehead atoms. The van der Waals surface area contributed by atoms with Crippen molar-refractivity contribution in [1.29, 1.82) is 0 Å². The van der Waals surface area contributed by atoms with Crippen LogP contribution in [0.25, 0.3) is 22.3 Å². The molecule has 4 heteroatoms. The van der Waals surface area contributed by atoms with Gasteiger partial charge in [0, 0.05) is 88.1 Å². The van der Waals surface area contributed by atoms with Gasteiger partial charge in [0.05, 0.1) is 0 Å². The van der Waals surface area contributed by atoms with Gasteiger partial charge in [0.25, 0.3) is 0 Å². The predicted molar refractivity (Wildman–Crippen MR) is 254 cm³/mol. The molecule has 0 spiro atoms. The van der Waals surface area contributed by atoms with E-state index in [-0.39, 0.29) is 21.7 Å². The fraction of sp³-hybridized carbons (Fsp3) is 0.667. The maximum Gasteiger partial charge on any atom is 0.0444 e. The summed E-state index contributed by atoms with van der Waals surface area (Å²) in [6.45, 7) is 0. The van der Waals surface area contributed by atoms with E-state index in [9.17, 15) is 0 Å². The summed E-state index contributed by atoms with van der Waals surface area (Å²) in [4.78, 5) is 17.8. The number of hydrogen-bond donors (Lipinski definition) is 4. The molecule has 1 aliphatic heterocycles. The quantitative estimate of drug-likeness (QED) is 0.158. The van der Waals surface area contributed by atoms with E-state index in [1.54, 1.807) is 22.3 Å². The third-order valence-electron chi connectivity index (χ3n) is 23.2. The third kappa shape index (κ3) is 5.03. The zero-order chi connectivity index (χ0) is 41.3. The second-order valence-electron chi connectivity index (χ2n) is 27.4. The van der Waals surface area contributed by atoms with E-state index in [2.05, 4.69) is 68.5 Å². The van der Waals surface area contributed by atoms with Crippen LogP contribution in [0.1, 0.15) is 177 Å². The highest BCUT2D eigenvalue weighted by molar-refractivity contribution is 5.77. The van der Waals surface area contributed by atoms with Gasteiger partial charge < -0.3 is 19.9 Å². The summed E-state index contributed by atoms with van der Waals surface area (Å²) < 4.78 is 0. The van der Waals surface area contributed by atoms with E-state index in [1.165, 1.54) is 198 Å². The van der Waals surface area contributed by atoms with Gasteiger partial charge in [-0.1, -0.05) is 0 Å². The molecule has 16 fully saturated rings. The Labute approximate surface area is 380 Å². The van der Waals surface area contributed by atoms with Crippen LogP contribution in [0.2, 0.25) is 0 Å². The van der Waals surface area contributed by atoms with Gasteiger partial charge in [0.15, 0.2) is 0 Å². The third-order valence-corrected chi connectivity index (χ3v) is 23.2. The van der Waals surface area contributed by atoms with Crippen molar-refractivity contribution in [1.82, 2.24) is 19.9 Å². The summed E-state index contributed by atoms with van der Waals surface area (Å²) in [6.07, 6.45) is 34.5. The normalized spacial score (nSPS) is 47.2. The van der Waals surface area contributed by atoms with Crippen LogP contribution in [0.15, 0.2) is 48.5 Å². The molecule has 0 aromatic carbocycles. The molecule has 0 saturated heterocycles. The Morgan fingerprint density at radius 3 is 0.578 bits per heavy atom. The van der Waals surface area contributed by atoms with E-state index in [1.807, 2.05) is 0 Å². The SMILES string of the molecule is c1cc2[nH]c1C(C13CC4CC(CC(C4)C1)C3)=c1ccc([nH]1)=C(C13CC4CC(CC(C4)C1)C3)c1ccc([nH]1)C(C13CC4CC(CC(C4)C1)C3)=c1ccc([nH]1)=C2C12CC3CC(CC(C3)C1)C2. The van der Waals surface area contributed by atoms with Gasteiger partial charge >= 0.3 is 0 Å². The monoisotopic (exact) mass is 849 g/mol. The Balaban J connectivity index is 0.965. The average molecular weight is 849 g/mol. The summed E-state index contributed by atoms with van der Waals surface area (Å²) in [5.41, 5.74) is 13.4. The summed E-state index contributed by atoms with van der Waals surface area (Å²) in [6, 6.07) is 20.8. The molecule has 16 aliphatic carbocycles. The van der Waals surface area contributed by atoms with Crippen LogP contribution in [0.4, 0.5) is 0 Å². The first kappa shape index (κ1) is 36.7. The standard InChI is InChI=1S/C60H72N4/c1-2-46-54(58-24-36-12-37(25-58)14-38(13-36)26-58)48-5-6-50(63-48)56(60-30-42-18-43(31-60)20-44(19-42)32-60)52-8-7-51(64-52)55(59-27-39-15-40(28-59)17-41(16-39)29-59)49-4-3-47(62-49)53(45(1)61-46)57-21-33-9-34(22-57)11-35(10-33)23-57/h1-8,33-44,61-64H,9-32H2. The molecule has 0 unspecified atom stereocenters. The molecule has 332 valence electrons. The predicted octanol–water partition coefficient (Wildman–Crippen LogP) is 11.0. The lowest BCUT2D eigenvalue weighted by molar-refractivity contribution is -0.0185. The first-order valence-electron chi connectivity index (χ1n) is 27.6. The van der Waals surface area contributed by atoms with Crippen LogP contribution in [-0.4, -0.2) is 19.9 Å². The van der Waals surface area contributed by atoms with Gasteiger partial charge in [-0.05, 0) is 274 Å². The van der Waals surface area contributed by atoms with Crippen molar-refractivity contribution < 1.29 is 0 Å². The van der Waals surface area contributed by atoms with Crippen molar-refractivity contribution in [2.24, 2.45) is 92.7 Å². The molecule has 4 aromatic rings. The minimum atomic E-state index is 0.257. The Kier molecular flexibility index (Phi) is 7.09. The van der Waals surface area contributed by atoms with E-state index in [0.717, 1.165) is 71.0 Å². The molecule has 0 atom stereocenters.